The highest BCUT2D eigenvalue weighted by atomic mass is 35.5. The molecule has 0 bridgehead atoms. The van der Waals surface area contributed by atoms with Crippen LogP contribution in [0.4, 0.5) is 0 Å². The molecule has 0 saturated carbocycles. The zero-order chi connectivity index (χ0) is 17.5. The van der Waals surface area contributed by atoms with Gasteiger partial charge in [-0.3, -0.25) is 4.90 Å². The number of hydrogen-bond donors (Lipinski definition) is 1. The van der Waals surface area contributed by atoms with Crippen LogP contribution in [0.3, 0.4) is 0 Å². The van der Waals surface area contributed by atoms with Crippen molar-refractivity contribution in [3.63, 3.8) is 0 Å². The van der Waals surface area contributed by atoms with Crippen molar-refractivity contribution in [3.05, 3.63) is 23.8 Å². The summed E-state index contributed by atoms with van der Waals surface area (Å²) in [6, 6.07) is 6.10. The van der Waals surface area contributed by atoms with Crippen LogP contribution in [-0.2, 0) is 6.54 Å². The number of benzene rings is 1. The molecule has 3 rings (SSSR count). The van der Waals surface area contributed by atoms with Gasteiger partial charge in [-0.2, -0.15) is 11.8 Å². The highest BCUT2D eigenvalue weighted by molar-refractivity contribution is 7.99. The van der Waals surface area contributed by atoms with E-state index >= 15 is 0 Å². The molecular weight excluding hydrogens is 370 g/mol. The Bertz CT molecular complexity index is 632. The van der Waals surface area contributed by atoms with Crippen LogP contribution in [-0.4, -0.2) is 53.9 Å². The van der Waals surface area contributed by atoms with Crippen LogP contribution in [0.1, 0.15) is 31.2 Å². The number of nitrogens with zero attached hydrogens (tertiary/aromatic N) is 1. The van der Waals surface area contributed by atoms with Crippen molar-refractivity contribution in [1.82, 2.24) is 4.90 Å². The van der Waals surface area contributed by atoms with Gasteiger partial charge in [0.1, 0.15) is 12.2 Å². The van der Waals surface area contributed by atoms with E-state index in [1.807, 2.05) is 23.9 Å². The van der Waals surface area contributed by atoms with Gasteiger partial charge >= 0.3 is 0 Å². The Labute approximate surface area is 167 Å². The molecule has 0 aliphatic carbocycles. The number of aliphatic hydroxyl groups is 1. The minimum Gasteiger partial charge on any atom is -0.493 e. The van der Waals surface area contributed by atoms with Crippen LogP contribution >= 0.6 is 24.2 Å². The first kappa shape index (κ1) is 21.2. The predicted molar refractivity (Wildman–Crippen MR) is 110 cm³/mol. The molecule has 0 spiro atoms. The van der Waals surface area contributed by atoms with Gasteiger partial charge in [0.25, 0.3) is 0 Å². The number of methoxy groups -OCH3 is 1. The average Bonchev–Trinajstić information content (AvgIpc) is 3.13. The lowest BCUT2D eigenvalue weighted by atomic mass is 9.98. The lowest BCUT2D eigenvalue weighted by Crippen LogP contribution is -2.31. The Kier molecular flexibility index (Phi) is 8.43. The molecule has 0 amide bonds. The van der Waals surface area contributed by atoms with Crippen molar-refractivity contribution in [3.8, 4) is 23.3 Å². The number of halogens is 1. The molecule has 1 aromatic rings. The summed E-state index contributed by atoms with van der Waals surface area (Å²) >= 11 is 1.87. The van der Waals surface area contributed by atoms with Gasteiger partial charge in [-0.15, -0.1) is 12.4 Å². The maximum absolute atomic E-state index is 10.4. The maximum atomic E-state index is 10.4. The van der Waals surface area contributed by atoms with Crippen molar-refractivity contribution >= 4 is 24.2 Å². The van der Waals surface area contributed by atoms with E-state index in [9.17, 15) is 5.11 Å². The van der Waals surface area contributed by atoms with E-state index in [4.69, 9.17) is 9.47 Å². The molecule has 2 aliphatic heterocycles. The summed E-state index contributed by atoms with van der Waals surface area (Å²) in [5.74, 6) is 9.37. The van der Waals surface area contributed by atoms with Crippen LogP contribution < -0.4 is 9.47 Å². The first-order valence-corrected chi connectivity index (χ1v) is 10.2. The quantitative estimate of drug-likeness (QED) is 0.771. The smallest absolute Gasteiger partial charge is 0.162 e. The fraction of sp³-hybridized carbons (Fsp3) is 0.600. The van der Waals surface area contributed by atoms with Gasteiger partial charge in [-0.25, -0.2) is 0 Å². The second-order valence-corrected chi connectivity index (χ2v) is 7.93. The van der Waals surface area contributed by atoms with Gasteiger partial charge in [0.15, 0.2) is 11.5 Å². The molecule has 2 heterocycles. The minimum atomic E-state index is -0.837. The second-order valence-electron chi connectivity index (χ2n) is 6.70. The fourth-order valence-electron chi connectivity index (χ4n) is 3.28. The first-order chi connectivity index (χ1) is 12.2. The summed E-state index contributed by atoms with van der Waals surface area (Å²) in [7, 11) is 1.65. The van der Waals surface area contributed by atoms with Crippen LogP contribution in [0.2, 0.25) is 0 Å². The number of rotatable bonds is 5. The summed E-state index contributed by atoms with van der Waals surface area (Å²) in [5.41, 5.74) is 0.393. The summed E-state index contributed by atoms with van der Waals surface area (Å²) in [6.45, 7) is 3.55. The predicted octanol–water partition coefficient (Wildman–Crippen LogP) is 3.35. The van der Waals surface area contributed by atoms with Crippen LogP contribution in [0, 0.1) is 11.8 Å². The SMILES string of the molecule is COc1ccc(CN2CCCC2)cc1OCC#CC1(O)CCSCC1.Cl. The average molecular weight is 398 g/mol. The number of hydrogen-bond acceptors (Lipinski definition) is 5. The zero-order valence-corrected chi connectivity index (χ0v) is 17.0. The second kappa shape index (κ2) is 10.3. The topological polar surface area (TPSA) is 41.9 Å². The molecule has 26 heavy (non-hydrogen) atoms. The van der Waals surface area contributed by atoms with E-state index in [-0.39, 0.29) is 19.0 Å². The van der Waals surface area contributed by atoms with E-state index < -0.39 is 5.60 Å². The Morgan fingerprint density at radius 1 is 1.19 bits per heavy atom. The molecule has 2 aliphatic rings. The van der Waals surface area contributed by atoms with E-state index in [1.54, 1.807) is 7.11 Å². The standard InChI is InChI=1S/C20H27NO3S.ClH/c1-23-18-6-5-17(16-21-10-2-3-11-21)15-19(18)24-12-4-7-20(22)8-13-25-14-9-20;/h5-6,15,22H,2-3,8-14,16H2,1H3;1H. The lowest BCUT2D eigenvalue weighted by Gasteiger charge is -2.26. The molecule has 6 heteroatoms. The monoisotopic (exact) mass is 397 g/mol. The van der Waals surface area contributed by atoms with Gasteiger partial charge in [0.05, 0.1) is 7.11 Å². The largest absolute Gasteiger partial charge is 0.493 e. The molecular formula is C20H28ClNO3S. The van der Waals surface area contributed by atoms with Crippen LogP contribution in [0.15, 0.2) is 18.2 Å². The Hall–Kier alpha value is -1.06. The number of ether oxygens (including phenoxy) is 2. The van der Waals surface area contributed by atoms with E-state index in [0.717, 1.165) is 42.4 Å². The third-order valence-electron chi connectivity index (χ3n) is 4.77. The van der Waals surface area contributed by atoms with Crippen molar-refractivity contribution in [2.45, 2.75) is 37.8 Å². The molecule has 0 radical (unpaired) electrons. The van der Waals surface area contributed by atoms with E-state index in [2.05, 4.69) is 22.8 Å². The molecule has 1 aromatic carbocycles. The summed E-state index contributed by atoms with van der Waals surface area (Å²) in [4.78, 5) is 2.46. The van der Waals surface area contributed by atoms with Crippen molar-refractivity contribution in [2.24, 2.45) is 0 Å². The molecule has 2 fully saturated rings. The van der Waals surface area contributed by atoms with Crippen LogP contribution in [0.25, 0.3) is 0 Å². The zero-order valence-electron chi connectivity index (χ0n) is 15.3. The summed E-state index contributed by atoms with van der Waals surface area (Å²) in [6.07, 6.45) is 4.05. The number of thioether (sulfide) groups is 1. The number of likely N-dealkylation sites (tertiary alicyclic amines) is 1. The minimum absolute atomic E-state index is 0. The Balaban J connectivity index is 0.00000243. The van der Waals surface area contributed by atoms with E-state index in [1.165, 1.54) is 31.5 Å². The normalized spacial score (nSPS) is 19.2. The third-order valence-corrected chi connectivity index (χ3v) is 5.76. The molecule has 1 N–H and O–H groups in total. The molecule has 2 saturated heterocycles. The molecule has 0 atom stereocenters. The van der Waals surface area contributed by atoms with Gasteiger partial charge in [-0.05, 0) is 68.0 Å². The molecule has 144 valence electrons. The Morgan fingerprint density at radius 2 is 1.92 bits per heavy atom. The summed E-state index contributed by atoms with van der Waals surface area (Å²) < 4.78 is 11.2. The summed E-state index contributed by atoms with van der Waals surface area (Å²) in [5, 5.41) is 10.4. The van der Waals surface area contributed by atoms with Crippen LogP contribution in [0.5, 0.6) is 11.5 Å². The van der Waals surface area contributed by atoms with Gasteiger partial charge in [0.2, 0.25) is 0 Å². The Morgan fingerprint density at radius 3 is 2.62 bits per heavy atom. The van der Waals surface area contributed by atoms with Gasteiger partial charge in [-0.1, -0.05) is 17.9 Å². The molecule has 0 aromatic heterocycles. The van der Waals surface area contributed by atoms with Crippen molar-refractivity contribution < 1.29 is 14.6 Å². The highest BCUT2D eigenvalue weighted by Gasteiger charge is 2.26. The fourth-order valence-corrected chi connectivity index (χ4v) is 4.45. The van der Waals surface area contributed by atoms with Crippen molar-refractivity contribution in [2.75, 3.05) is 38.3 Å². The van der Waals surface area contributed by atoms with Gasteiger partial charge < -0.3 is 14.6 Å². The molecule has 4 nitrogen and oxygen atoms in total. The first-order valence-electron chi connectivity index (χ1n) is 9.01. The van der Waals surface area contributed by atoms with Gasteiger partial charge in [0, 0.05) is 6.54 Å². The highest BCUT2D eigenvalue weighted by Crippen LogP contribution is 2.29. The third kappa shape index (κ3) is 5.99. The lowest BCUT2D eigenvalue weighted by molar-refractivity contribution is 0.0925. The van der Waals surface area contributed by atoms with Crippen molar-refractivity contribution in [1.29, 1.82) is 0 Å². The molecule has 0 unspecified atom stereocenters. The van der Waals surface area contributed by atoms with E-state index in [0.29, 0.717) is 0 Å². The maximum Gasteiger partial charge on any atom is 0.162 e.